The van der Waals surface area contributed by atoms with Gasteiger partial charge in [0.1, 0.15) is 0 Å². The monoisotopic (exact) mass is 357 g/mol. The molecule has 0 heterocycles. The first-order valence-electron chi connectivity index (χ1n) is 8.10. The van der Waals surface area contributed by atoms with Crippen LogP contribution in [0.25, 0.3) is 6.08 Å². The summed E-state index contributed by atoms with van der Waals surface area (Å²) < 4.78 is 5.14. The SMILES string of the molecule is CCCCOC(=O)c1ccc(NC(=O)/C=C/c2ccc(Cl)cc2)cc1. The van der Waals surface area contributed by atoms with Gasteiger partial charge in [-0.25, -0.2) is 4.79 Å². The van der Waals surface area contributed by atoms with Crippen LogP contribution in [0.3, 0.4) is 0 Å². The van der Waals surface area contributed by atoms with Crippen molar-refractivity contribution >= 4 is 35.2 Å². The maximum atomic E-state index is 11.9. The number of halogens is 1. The lowest BCUT2D eigenvalue weighted by Gasteiger charge is -2.05. The Balaban J connectivity index is 1.88. The molecule has 0 aromatic heterocycles. The summed E-state index contributed by atoms with van der Waals surface area (Å²) in [4.78, 5) is 23.7. The summed E-state index contributed by atoms with van der Waals surface area (Å²) in [6, 6.07) is 13.8. The van der Waals surface area contributed by atoms with Crippen molar-refractivity contribution < 1.29 is 14.3 Å². The fourth-order valence-corrected chi connectivity index (χ4v) is 2.14. The molecule has 0 unspecified atom stereocenters. The zero-order valence-electron chi connectivity index (χ0n) is 14.0. The van der Waals surface area contributed by atoms with Crippen molar-refractivity contribution in [2.24, 2.45) is 0 Å². The zero-order chi connectivity index (χ0) is 18.1. The highest BCUT2D eigenvalue weighted by Gasteiger charge is 2.07. The first-order chi connectivity index (χ1) is 12.1. The van der Waals surface area contributed by atoms with E-state index in [1.54, 1.807) is 42.5 Å². The van der Waals surface area contributed by atoms with Crippen LogP contribution in [0.1, 0.15) is 35.7 Å². The molecule has 0 aliphatic rings. The van der Waals surface area contributed by atoms with Gasteiger partial charge in [0, 0.05) is 16.8 Å². The third-order valence-corrected chi connectivity index (χ3v) is 3.67. The van der Waals surface area contributed by atoms with Crippen molar-refractivity contribution in [3.05, 3.63) is 70.8 Å². The molecule has 25 heavy (non-hydrogen) atoms. The molecule has 0 saturated heterocycles. The van der Waals surface area contributed by atoms with Crippen LogP contribution in [0.2, 0.25) is 5.02 Å². The van der Waals surface area contributed by atoms with Gasteiger partial charge in [-0.05, 0) is 54.5 Å². The molecular weight excluding hydrogens is 338 g/mol. The number of nitrogens with one attached hydrogen (secondary N) is 1. The number of ether oxygens (including phenoxy) is 1. The Morgan fingerprint density at radius 1 is 1.08 bits per heavy atom. The number of benzene rings is 2. The largest absolute Gasteiger partial charge is 0.462 e. The summed E-state index contributed by atoms with van der Waals surface area (Å²) in [5.74, 6) is -0.609. The number of amides is 1. The molecule has 2 aromatic rings. The highest BCUT2D eigenvalue weighted by molar-refractivity contribution is 6.30. The number of unbranched alkanes of at least 4 members (excludes halogenated alkanes) is 1. The predicted molar refractivity (Wildman–Crippen MR) is 101 cm³/mol. The molecule has 0 fully saturated rings. The molecule has 0 spiro atoms. The van der Waals surface area contributed by atoms with Gasteiger partial charge in [-0.1, -0.05) is 37.1 Å². The number of hydrogen-bond donors (Lipinski definition) is 1. The summed E-state index contributed by atoms with van der Waals surface area (Å²) in [5.41, 5.74) is 1.95. The molecule has 2 rings (SSSR count). The summed E-state index contributed by atoms with van der Waals surface area (Å²) in [5, 5.41) is 3.39. The Morgan fingerprint density at radius 2 is 1.76 bits per heavy atom. The highest BCUT2D eigenvalue weighted by Crippen LogP contribution is 2.12. The lowest BCUT2D eigenvalue weighted by Crippen LogP contribution is -2.09. The molecule has 130 valence electrons. The molecule has 1 N–H and O–H groups in total. The standard InChI is InChI=1S/C20H20ClNO3/c1-2-3-14-25-20(24)16-7-11-18(12-8-16)22-19(23)13-6-15-4-9-17(21)10-5-15/h4-13H,2-3,14H2,1H3,(H,22,23)/b13-6+. The average Bonchev–Trinajstić information content (AvgIpc) is 2.62. The Hall–Kier alpha value is -2.59. The lowest BCUT2D eigenvalue weighted by molar-refractivity contribution is -0.111. The van der Waals surface area contributed by atoms with Crippen LogP contribution in [0.5, 0.6) is 0 Å². The third kappa shape index (κ3) is 6.43. The van der Waals surface area contributed by atoms with E-state index >= 15 is 0 Å². The maximum Gasteiger partial charge on any atom is 0.338 e. The Bertz CT molecular complexity index is 737. The van der Waals surface area contributed by atoms with Gasteiger partial charge in [-0.3, -0.25) is 4.79 Å². The highest BCUT2D eigenvalue weighted by atomic mass is 35.5. The van der Waals surface area contributed by atoms with Gasteiger partial charge >= 0.3 is 5.97 Å². The number of rotatable bonds is 7. The first kappa shape index (κ1) is 18.7. The topological polar surface area (TPSA) is 55.4 Å². The van der Waals surface area contributed by atoms with Crippen LogP contribution in [-0.4, -0.2) is 18.5 Å². The normalized spacial score (nSPS) is 10.6. The second-order valence-corrected chi connectivity index (χ2v) is 5.88. The zero-order valence-corrected chi connectivity index (χ0v) is 14.8. The van der Waals surface area contributed by atoms with E-state index in [1.807, 2.05) is 19.1 Å². The average molecular weight is 358 g/mol. The van der Waals surface area contributed by atoms with E-state index in [1.165, 1.54) is 6.08 Å². The van der Waals surface area contributed by atoms with E-state index in [2.05, 4.69) is 5.32 Å². The van der Waals surface area contributed by atoms with Gasteiger partial charge in [-0.15, -0.1) is 0 Å². The molecule has 0 saturated carbocycles. The van der Waals surface area contributed by atoms with E-state index in [-0.39, 0.29) is 11.9 Å². The van der Waals surface area contributed by atoms with E-state index in [0.29, 0.717) is 22.9 Å². The smallest absolute Gasteiger partial charge is 0.338 e. The maximum absolute atomic E-state index is 11.9. The number of anilines is 1. The molecule has 0 bridgehead atoms. The second-order valence-electron chi connectivity index (χ2n) is 5.44. The van der Waals surface area contributed by atoms with Gasteiger partial charge in [0.15, 0.2) is 0 Å². The molecule has 0 atom stereocenters. The van der Waals surface area contributed by atoms with E-state index < -0.39 is 0 Å². The predicted octanol–water partition coefficient (Wildman–Crippen LogP) is 4.95. The van der Waals surface area contributed by atoms with Gasteiger partial charge in [0.05, 0.1) is 12.2 Å². The van der Waals surface area contributed by atoms with Crippen molar-refractivity contribution in [2.45, 2.75) is 19.8 Å². The van der Waals surface area contributed by atoms with Crippen LogP contribution >= 0.6 is 11.6 Å². The molecule has 4 nitrogen and oxygen atoms in total. The molecule has 1 amide bonds. The van der Waals surface area contributed by atoms with Crippen molar-refractivity contribution in [2.75, 3.05) is 11.9 Å². The van der Waals surface area contributed by atoms with E-state index in [9.17, 15) is 9.59 Å². The summed E-state index contributed by atoms with van der Waals surface area (Å²) in [7, 11) is 0. The van der Waals surface area contributed by atoms with E-state index in [4.69, 9.17) is 16.3 Å². The minimum Gasteiger partial charge on any atom is -0.462 e. The van der Waals surface area contributed by atoms with Crippen LogP contribution in [0.4, 0.5) is 5.69 Å². The minimum absolute atomic E-state index is 0.256. The lowest BCUT2D eigenvalue weighted by atomic mass is 10.2. The van der Waals surface area contributed by atoms with E-state index in [0.717, 1.165) is 18.4 Å². The van der Waals surface area contributed by atoms with Crippen molar-refractivity contribution in [3.8, 4) is 0 Å². The molecule has 0 aliphatic carbocycles. The minimum atomic E-state index is -0.353. The number of carbonyl (C=O) groups is 2. The molecule has 2 aromatic carbocycles. The summed E-state index contributed by atoms with van der Waals surface area (Å²) >= 11 is 5.82. The molecule has 0 aliphatic heterocycles. The summed E-state index contributed by atoms with van der Waals surface area (Å²) in [6.07, 6.45) is 4.96. The second kappa shape index (κ2) is 9.64. The van der Waals surface area contributed by atoms with Crippen LogP contribution in [0, 0.1) is 0 Å². The fraction of sp³-hybridized carbons (Fsp3) is 0.200. The molecular formula is C20H20ClNO3. The van der Waals surface area contributed by atoms with Crippen molar-refractivity contribution in [1.82, 2.24) is 0 Å². The number of hydrogen-bond acceptors (Lipinski definition) is 3. The van der Waals surface area contributed by atoms with Crippen LogP contribution in [0.15, 0.2) is 54.6 Å². The Labute approximate surface area is 152 Å². The van der Waals surface area contributed by atoms with Gasteiger partial charge in [0.25, 0.3) is 0 Å². The van der Waals surface area contributed by atoms with Gasteiger partial charge in [0.2, 0.25) is 5.91 Å². The van der Waals surface area contributed by atoms with Crippen LogP contribution in [-0.2, 0) is 9.53 Å². The fourth-order valence-electron chi connectivity index (χ4n) is 2.01. The number of esters is 1. The summed E-state index contributed by atoms with van der Waals surface area (Å²) in [6.45, 7) is 2.45. The van der Waals surface area contributed by atoms with Crippen LogP contribution < -0.4 is 5.32 Å². The molecule has 5 heteroatoms. The molecule has 0 radical (unpaired) electrons. The number of carbonyl (C=O) groups excluding carboxylic acids is 2. The first-order valence-corrected chi connectivity index (χ1v) is 8.48. The Kier molecular flexibility index (Phi) is 7.23. The van der Waals surface area contributed by atoms with Crippen molar-refractivity contribution in [3.63, 3.8) is 0 Å². The Morgan fingerprint density at radius 3 is 2.40 bits per heavy atom. The third-order valence-electron chi connectivity index (χ3n) is 3.42. The van der Waals surface area contributed by atoms with Gasteiger partial charge in [-0.2, -0.15) is 0 Å². The van der Waals surface area contributed by atoms with Crippen molar-refractivity contribution in [1.29, 1.82) is 0 Å². The van der Waals surface area contributed by atoms with Gasteiger partial charge < -0.3 is 10.1 Å². The quantitative estimate of drug-likeness (QED) is 0.433.